The number of unbranched alkanes of at least 4 members (excludes halogenated alkanes) is 24. The lowest BCUT2D eigenvalue weighted by molar-refractivity contribution is -0.870. The molecule has 0 heterocycles. The van der Waals surface area contributed by atoms with Crippen molar-refractivity contribution in [3.05, 3.63) is 12.2 Å². The minimum atomic E-state index is -4.27. The van der Waals surface area contributed by atoms with Gasteiger partial charge in [0.15, 0.2) is 0 Å². The number of carbonyl (C=O) groups excluding carboxylic acids is 1. The van der Waals surface area contributed by atoms with Gasteiger partial charge < -0.3 is 18.9 Å². The highest BCUT2D eigenvalue weighted by Crippen LogP contribution is 2.43. The van der Waals surface area contributed by atoms with Crippen molar-refractivity contribution in [3.63, 3.8) is 0 Å². The molecule has 304 valence electrons. The third-order valence-corrected chi connectivity index (χ3v) is 10.3. The summed E-state index contributed by atoms with van der Waals surface area (Å²) in [6.45, 7) is 5.64. The van der Waals surface area contributed by atoms with Gasteiger partial charge >= 0.3 is 13.8 Å². The van der Waals surface area contributed by atoms with E-state index in [9.17, 15) is 14.3 Å². The number of allylic oxidation sites excluding steroid dienone is 2. The van der Waals surface area contributed by atoms with Gasteiger partial charge in [0, 0.05) is 13.0 Å². The standard InChI is InChI=1S/C42H84NO7P/c1-6-8-10-12-14-16-18-20-22-23-25-27-29-31-33-35-42(44)50-41(40-49-51(45,46)48-38-36-43(3,4)5)39-47-37-34-32-30-28-26-24-21-19-17-15-13-11-9-7-2/h20,22,41H,6-19,21,23-40H2,1-5H3/p+1/t41-/m1/s1. The van der Waals surface area contributed by atoms with E-state index in [1.165, 1.54) is 135 Å². The number of rotatable bonds is 40. The fourth-order valence-electron chi connectivity index (χ4n) is 5.96. The van der Waals surface area contributed by atoms with Crippen LogP contribution in [0.5, 0.6) is 0 Å². The number of hydrogen-bond acceptors (Lipinski definition) is 6. The van der Waals surface area contributed by atoms with E-state index >= 15 is 0 Å². The highest BCUT2D eigenvalue weighted by Gasteiger charge is 2.26. The Labute approximate surface area is 316 Å². The Morgan fingerprint density at radius 2 is 1.02 bits per heavy atom. The molecule has 0 aromatic rings. The Balaban J connectivity index is 4.24. The molecule has 8 nitrogen and oxygen atoms in total. The van der Waals surface area contributed by atoms with Crippen LogP contribution in [-0.4, -0.2) is 75.6 Å². The summed E-state index contributed by atoms with van der Waals surface area (Å²) < 4.78 is 35.0. The Morgan fingerprint density at radius 3 is 1.49 bits per heavy atom. The normalized spacial score (nSPS) is 13.9. The second kappa shape index (κ2) is 36.2. The summed E-state index contributed by atoms with van der Waals surface area (Å²) in [5, 5.41) is 0. The number of likely N-dealkylation sites (N-methyl/N-ethyl adjacent to an activating group) is 1. The first kappa shape index (κ1) is 50.2. The topological polar surface area (TPSA) is 91.3 Å². The number of nitrogens with zero attached hydrogens (tertiary/aromatic N) is 1. The molecule has 0 aromatic heterocycles. The van der Waals surface area contributed by atoms with E-state index in [2.05, 4.69) is 26.0 Å². The molecular formula is C42H85NO7P+. The van der Waals surface area contributed by atoms with Gasteiger partial charge in [-0.3, -0.25) is 13.8 Å². The van der Waals surface area contributed by atoms with E-state index in [0.29, 0.717) is 24.1 Å². The van der Waals surface area contributed by atoms with Crippen LogP contribution >= 0.6 is 7.82 Å². The summed E-state index contributed by atoms with van der Waals surface area (Å²) in [5.74, 6) is -0.319. The van der Waals surface area contributed by atoms with E-state index < -0.39 is 13.9 Å². The van der Waals surface area contributed by atoms with Crippen LogP contribution < -0.4 is 0 Å². The number of hydrogen-bond donors (Lipinski definition) is 1. The highest BCUT2D eigenvalue weighted by atomic mass is 31.2. The zero-order valence-electron chi connectivity index (χ0n) is 34.4. The van der Waals surface area contributed by atoms with Crippen molar-refractivity contribution in [2.24, 2.45) is 0 Å². The fraction of sp³-hybridized carbons (Fsp3) is 0.929. The number of phosphoric ester groups is 1. The number of carbonyl (C=O) groups is 1. The van der Waals surface area contributed by atoms with Gasteiger partial charge in [-0.15, -0.1) is 0 Å². The summed E-state index contributed by atoms with van der Waals surface area (Å²) in [5.41, 5.74) is 0. The van der Waals surface area contributed by atoms with Crippen molar-refractivity contribution in [2.75, 3.05) is 54.1 Å². The van der Waals surface area contributed by atoms with Crippen LogP contribution in [-0.2, 0) is 27.9 Å². The van der Waals surface area contributed by atoms with E-state index in [0.717, 1.165) is 38.5 Å². The Morgan fingerprint density at radius 1 is 0.588 bits per heavy atom. The largest absolute Gasteiger partial charge is 0.472 e. The summed E-state index contributed by atoms with van der Waals surface area (Å²) >= 11 is 0. The smallest absolute Gasteiger partial charge is 0.457 e. The number of quaternary nitrogens is 1. The van der Waals surface area contributed by atoms with Gasteiger partial charge in [0.2, 0.25) is 0 Å². The van der Waals surface area contributed by atoms with Crippen LogP contribution in [0.2, 0.25) is 0 Å². The van der Waals surface area contributed by atoms with Crippen molar-refractivity contribution in [2.45, 2.75) is 200 Å². The number of ether oxygens (including phenoxy) is 2. The molecule has 0 amide bonds. The molecule has 0 bridgehead atoms. The molecule has 0 fully saturated rings. The van der Waals surface area contributed by atoms with Gasteiger partial charge in [-0.1, -0.05) is 161 Å². The van der Waals surface area contributed by atoms with Crippen LogP contribution in [0.15, 0.2) is 12.2 Å². The fourth-order valence-corrected chi connectivity index (χ4v) is 6.70. The quantitative estimate of drug-likeness (QED) is 0.0219. The number of esters is 1. The lowest BCUT2D eigenvalue weighted by Gasteiger charge is -2.24. The SMILES string of the molecule is CCCCCCCCC=CCCCCCCCC(=O)O[C@H](COCCCCCCCCCCCCCCCC)COP(=O)(O)OCC[N+](C)(C)C. The molecule has 0 saturated carbocycles. The predicted octanol–water partition coefficient (Wildman–Crippen LogP) is 12.3. The average molecular weight is 747 g/mol. The summed E-state index contributed by atoms with van der Waals surface area (Å²) in [6, 6.07) is 0. The van der Waals surface area contributed by atoms with Crippen molar-refractivity contribution < 1.29 is 37.3 Å². The molecular weight excluding hydrogens is 661 g/mol. The highest BCUT2D eigenvalue weighted by molar-refractivity contribution is 7.47. The molecule has 0 rings (SSSR count). The van der Waals surface area contributed by atoms with Crippen LogP contribution in [0, 0.1) is 0 Å². The maximum absolute atomic E-state index is 12.7. The first-order valence-corrected chi connectivity index (χ1v) is 22.9. The minimum Gasteiger partial charge on any atom is -0.457 e. The molecule has 1 unspecified atom stereocenters. The molecule has 9 heteroatoms. The summed E-state index contributed by atoms with van der Waals surface area (Å²) in [4.78, 5) is 22.8. The summed E-state index contributed by atoms with van der Waals surface area (Å²) in [7, 11) is 1.67. The second-order valence-electron chi connectivity index (χ2n) is 15.7. The van der Waals surface area contributed by atoms with E-state index in [1.807, 2.05) is 21.1 Å². The van der Waals surface area contributed by atoms with Crippen LogP contribution in [0.3, 0.4) is 0 Å². The van der Waals surface area contributed by atoms with Crippen molar-refractivity contribution >= 4 is 13.8 Å². The van der Waals surface area contributed by atoms with Crippen LogP contribution in [0.25, 0.3) is 0 Å². The molecule has 0 radical (unpaired) electrons. The lowest BCUT2D eigenvalue weighted by atomic mass is 10.0. The molecule has 0 aliphatic heterocycles. The first-order chi connectivity index (χ1) is 24.6. The van der Waals surface area contributed by atoms with Crippen molar-refractivity contribution in [1.29, 1.82) is 0 Å². The molecule has 1 N–H and O–H groups in total. The third kappa shape index (κ3) is 40.3. The maximum Gasteiger partial charge on any atom is 0.472 e. The minimum absolute atomic E-state index is 0.0901. The van der Waals surface area contributed by atoms with E-state index in [-0.39, 0.29) is 25.8 Å². The molecule has 0 saturated heterocycles. The average Bonchev–Trinajstić information content (AvgIpc) is 3.08. The van der Waals surface area contributed by atoms with Crippen molar-refractivity contribution in [3.8, 4) is 0 Å². The molecule has 0 spiro atoms. The zero-order chi connectivity index (χ0) is 37.7. The first-order valence-electron chi connectivity index (χ1n) is 21.4. The monoisotopic (exact) mass is 747 g/mol. The van der Waals surface area contributed by atoms with Gasteiger partial charge in [0.1, 0.15) is 19.3 Å². The predicted molar refractivity (Wildman–Crippen MR) is 215 cm³/mol. The van der Waals surface area contributed by atoms with Gasteiger partial charge in [-0.25, -0.2) is 4.57 Å². The molecule has 51 heavy (non-hydrogen) atoms. The summed E-state index contributed by atoms with van der Waals surface area (Å²) in [6.07, 6.45) is 38.0. The van der Waals surface area contributed by atoms with Crippen LogP contribution in [0.1, 0.15) is 194 Å². The molecule has 0 aliphatic rings. The van der Waals surface area contributed by atoms with Gasteiger partial charge in [0.05, 0.1) is 34.4 Å². The van der Waals surface area contributed by atoms with Gasteiger partial charge in [-0.05, 0) is 38.5 Å². The third-order valence-electron chi connectivity index (χ3n) is 9.33. The van der Waals surface area contributed by atoms with Crippen molar-refractivity contribution in [1.82, 2.24) is 0 Å². The van der Waals surface area contributed by atoms with Gasteiger partial charge in [-0.2, -0.15) is 0 Å². The lowest BCUT2D eigenvalue weighted by Crippen LogP contribution is -2.37. The molecule has 2 atom stereocenters. The maximum atomic E-state index is 12.7. The van der Waals surface area contributed by atoms with E-state index in [1.54, 1.807) is 0 Å². The molecule has 0 aromatic carbocycles. The Kier molecular flexibility index (Phi) is 35.7. The molecule has 0 aliphatic carbocycles. The number of phosphoric acid groups is 1. The van der Waals surface area contributed by atoms with Gasteiger partial charge in [0.25, 0.3) is 0 Å². The van der Waals surface area contributed by atoms with Crippen LogP contribution in [0.4, 0.5) is 0 Å². The Bertz CT molecular complexity index is 833. The second-order valence-corrected chi connectivity index (χ2v) is 17.2. The van der Waals surface area contributed by atoms with E-state index in [4.69, 9.17) is 18.5 Å². The zero-order valence-corrected chi connectivity index (χ0v) is 35.3. The Hall–Kier alpha value is -0.760.